The Bertz CT molecular complexity index is 353. The van der Waals surface area contributed by atoms with E-state index in [0.29, 0.717) is 19.1 Å². The molecule has 0 aromatic heterocycles. The molecule has 2 unspecified atom stereocenters. The van der Waals surface area contributed by atoms with Gasteiger partial charge >= 0.3 is 5.97 Å². The molecular formula is C16H28N2O3. The molecule has 2 aliphatic carbocycles. The summed E-state index contributed by atoms with van der Waals surface area (Å²) in [6, 6.07) is 0.342. The van der Waals surface area contributed by atoms with Gasteiger partial charge in [-0.2, -0.15) is 0 Å². The number of nitrogens with one attached hydrogen (secondary N) is 2. The van der Waals surface area contributed by atoms with E-state index in [1.807, 2.05) is 0 Å². The molecular weight excluding hydrogens is 268 g/mol. The van der Waals surface area contributed by atoms with E-state index in [4.69, 9.17) is 0 Å². The van der Waals surface area contributed by atoms with Gasteiger partial charge in [-0.25, -0.2) is 0 Å². The van der Waals surface area contributed by atoms with Crippen molar-refractivity contribution >= 4 is 11.9 Å². The lowest BCUT2D eigenvalue weighted by molar-refractivity contribution is -0.144. The van der Waals surface area contributed by atoms with Crippen molar-refractivity contribution in [2.45, 2.75) is 63.8 Å². The maximum Gasteiger partial charge on any atom is 0.306 e. The van der Waals surface area contributed by atoms with Crippen LogP contribution in [0.4, 0.5) is 0 Å². The van der Waals surface area contributed by atoms with Crippen LogP contribution in [0.5, 0.6) is 0 Å². The fourth-order valence-electron chi connectivity index (χ4n) is 3.67. The zero-order chi connectivity index (χ0) is 15.1. The summed E-state index contributed by atoms with van der Waals surface area (Å²) in [4.78, 5) is 23.1. The van der Waals surface area contributed by atoms with Crippen molar-refractivity contribution in [1.82, 2.24) is 10.6 Å². The van der Waals surface area contributed by atoms with Crippen molar-refractivity contribution in [2.75, 3.05) is 13.1 Å². The normalized spacial score (nSPS) is 27.2. The number of hydrogen-bond acceptors (Lipinski definition) is 3. The number of carboxylic acid groups (broad SMARTS) is 1. The Morgan fingerprint density at radius 3 is 2.33 bits per heavy atom. The van der Waals surface area contributed by atoms with Crippen molar-refractivity contribution in [3.05, 3.63) is 0 Å². The fourth-order valence-corrected chi connectivity index (χ4v) is 3.67. The first kappa shape index (κ1) is 16.3. The van der Waals surface area contributed by atoms with Crippen LogP contribution in [-0.4, -0.2) is 36.1 Å². The molecule has 0 heterocycles. The lowest BCUT2D eigenvalue weighted by Gasteiger charge is -2.28. The first-order valence-corrected chi connectivity index (χ1v) is 8.39. The monoisotopic (exact) mass is 296 g/mol. The van der Waals surface area contributed by atoms with Gasteiger partial charge in [-0.15, -0.1) is 0 Å². The van der Waals surface area contributed by atoms with Gasteiger partial charge in [0.2, 0.25) is 5.91 Å². The lowest BCUT2D eigenvalue weighted by Crippen LogP contribution is -2.43. The van der Waals surface area contributed by atoms with E-state index < -0.39 is 5.97 Å². The molecule has 120 valence electrons. The molecule has 2 atom stereocenters. The van der Waals surface area contributed by atoms with Crippen LogP contribution in [0.1, 0.15) is 57.8 Å². The van der Waals surface area contributed by atoms with Gasteiger partial charge in [0.05, 0.1) is 12.5 Å². The third-order valence-corrected chi connectivity index (χ3v) is 4.89. The number of rotatable bonds is 6. The van der Waals surface area contributed by atoms with Crippen LogP contribution in [-0.2, 0) is 9.59 Å². The van der Waals surface area contributed by atoms with E-state index in [1.54, 1.807) is 0 Å². The molecule has 2 saturated carbocycles. The summed E-state index contributed by atoms with van der Waals surface area (Å²) < 4.78 is 0. The molecule has 3 N–H and O–H groups in total. The quantitative estimate of drug-likeness (QED) is 0.699. The number of carbonyl (C=O) groups is 2. The summed E-state index contributed by atoms with van der Waals surface area (Å²) in [7, 11) is 0. The molecule has 2 aliphatic rings. The van der Waals surface area contributed by atoms with Crippen LogP contribution < -0.4 is 10.6 Å². The van der Waals surface area contributed by atoms with Gasteiger partial charge < -0.3 is 15.7 Å². The van der Waals surface area contributed by atoms with E-state index in [9.17, 15) is 14.7 Å². The maximum absolute atomic E-state index is 11.9. The summed E-state index contributed by atoms with van der Waals surface area (Å²) in [5, 5.41) is 15.5. The molecule has 2 fully saturated rings. The van der Waals surface area contributed by atoms with Crippen LogP contribution in [0, 0.1) is 11.8 Å². The Morgan fingerprint density at radius 1 is 0.952 bits per heavy atom. The molecule has 5 nitrogen and oxygen atoms in total. The molecule has 0 aliphatic heterocycles. The summed E-state index contributed by atoms with van der Waals surface area (Å²) >= 11 is 0. The molecule has 21 heavy (non-hydrogen) atoms. The molecule has 1 amide bonds. The topological polar surface area (TPSA) is 78.4 Å². The van der Waals surface area contributed by atoms with Crippen molar-refractivity contribution in [2.24, 2.45) is 11.8 Å². The third kappa shape index (κ3) is 5.30. The van der Waals surface area contributed by atoms with Crippen molar-refractivity contribution < 1.29 is 14.7 Å². The highest BCUT2D eigenvalue weighted by Crippen LogP contribution is 2.29. The second-order valence-corrected chi connectivity index (χ2v) is 6.52. The van der Waals surface area contributed by atoms with Crippen molar-refractivity contribution in [1.29, 1.82) is 0 Å². The summed E-state index contributed by atoms with van der Waals surface area (Å²) in [5.74, 6) is -0.718. The largest absolute Gasteiger partial charge is 0.481 e. The van der Waals surface area contributed by atoms with Crippen LogP contribution in [0.3, 0.4) is 0 Å². The van der Waals surface area contributed by atoms with E-state index >= 15 is 0 Å². The maximum atomic E-state index is 11.9. The van der Waals surface area contributed by atoms with Gasteiger partial charge in [0.1, 0.15) is 0 Å². The number of carboxylic acids is 1. The van der Waals surface area contributed by atoms with Crippen LogP contribution in [0.2, 0.25) is 0 Å². The average Bonchev–Trinajstić information content (AvgIpc) is 2.48. The Morgan fingerprint density at radius 2 is 1.62 bits per heavy atom. The minimum Gasteiger partial charge on any atom is -0.481 e. The zero-order valence-electron chi connectivity index (χ0n) is 12.8. The molecule has 0 spiro atoms. The second kappa shape index (κ2) is 8.37. The molecule has 0 aromatic carbocycles. The molecule has 2 rings (SSSR count). The smallest absolute Gasteiger partial charge is 0.306 e. The van der Waals surface area contributed by atoms with Crippen LogP contribution in [0.15, 0.2) is 0 Å². The van der Waals surface area contributed by atoms with E-state index in [2.05, 4.69) is 10.6 Å². The highest BCUT2D eigenvalue weighted by molar-refractivity contribution is 5.78. The minimum atomic E-state index is -0.687. The van der Waals surface area contributed by atoms with Crippen LogP contribution >= 0.6 is 0 Å². The first-order valence-electron chi connectivity index (χ1n) is 8.39. The molecule has 0 aromatic rings. The number of aliphatic carboxylic acids is 1. The third-order valence-electron chi connectivity index (χ3n) is 4.89. The van der Waals surface area contributed by atoms with E-state index in [1.165, 1.54) is 19.3 Å². The van der Waals surface area contributed by atoms with Crippen LogP contribution in [0.25, 0.3) is 0 Å². The van der Waals surface area contributed by atoms with Gasteiger partial charge in [0.25, 0.3) is 0 Å². The predicted molar refractivity (Wildman–Crippen MR) is 81.0 cm³/mol. The Kier molecular flexibility index (Phi) is 6.49. The van der Waals surface area contributed by atoms with Crippen molar-refractivity contribution in [3.63, 3.8) is 0 Å². The Balaban J connectivity index is 1.65. The summed E-state index contributed by atoms with van der Waals surface area (Å²) in [6.45, 7) is 0.939. The Labute approximate surface area is 126 Å². The van der Waals surface area contributed by atoms with Gasteiger partial charge in [0.15, 0.2) is 0 Å². The lowest BCUT2D eigenvalue weighted by atomic mass is 9.79. The SMILES string of the molecule is O=C(CNCC1CCCCC1C(=O)O)NC1CCCCC1. The molecule has 0 radical (unpaired) electrons. The summed E-state index contributed by atoms with van der Waals surface area (Å²) in [5.41, 5.74) is 0. The standard InChI is InChI=1S/C16H28N2O3/c19-15(18-13-7-2-1-3-8-13)11-17-10-12-6-4-5-9-14(12)16(20)21/h12-14,17H,1-11H2,(H,18,19)(H,20,21). The van der Waals surface area contributed by atoms with E-state index in [-0.39, 0.29) is 17.7 Å². The first-order chi connectivity index (χ1) is 10.2. The Hall–Kier alpha value is -1.10. The zero-order valence-corrected chi connectivity index (χ0v) is 12.8. The van der Waals surface area contributed by atoms with Gasteiger partial charge in [-0.05, 0) is 38.1 Å². The van der Waals surface area contributed by atoms with Gasteiger partial charge in [0, 0.05) is 6.04 Å². The van der Waals surface area contributed by atoms with Crippen molar-refractivity contribution in [3.8, 4) is 0 Å². The molecule has 0 bridgehead atoms. The number of carbonyl (C=O) groups excluding carboxylic acids is 1. The molecule has 5 heteroatoms. The number of hydrogen-bond donors (Lipinski definition) is 3. The second-order valence-electron chi connectivity index (χ2n) is 6.52. The summed E-state index contributed by atoms with van der Waals surface area (Å²) in [6.07, 6.45) is 9.72. The molecule has 0 saturated heterocycles. The predicted octanol–water partition coefficient (Wildman–Crippen LogP) is 1.92. The fraction of sp³-hybridized carbons (Fsp3) is 0.875. The van der Waals surface area contributed by atoms with Gasteiger partial charge in [-0.3, -0.25) is 9.59 Å². The van der Waals surface area contributed by atoms with Gasteiger partial charge in [-0.1, -0.05) is 32.1 Å². The van der Waals surface area contributed by atoms with E-state index in [0.717, 1.165) is 38.5 Å². The highest BCUT2D eigenvalue weighted by atomic mass is 16.4. The average molecular weight is 296 g/mol. The minimum absolute atomic E-state index is 0.0459. The highest BCUT2D eigenvalue weighted by Gasteiger charge is 2.30. The number of amides is 1.